The van der Waals surface area contributed by atoms with Gasteiger partial charge in [-0.05, 0) is 79.3 Å². The number of hydrogen-bond donors (Lipinski definition) is 2. The maximum atomic E-state index is 13.9. The number of halogens is 1. The van der Waals surface area contributed by atoms with Crippen LogP contribution in [-0.2, 0) is 4.74 Å². The molecule has 0 spiro atoms. The summed E-state index contributed by atoms with van der Waals surface area (Å²) in [4.78, 5) is 11.5. The number of benzene rings is 3. The van der Waals surface area contributed by atoms with E-state index in [-0.39, 0.29) is 23.4 Å². The van der Waals surface area contributed by atoms with Crippen LogP contribution in [0.15, 0.2) is 66.9 Å². The Bertz CT molecular complexity index is 1610. The average Bonchev–Trinajstić information content (AvgIpc) is 3.50. The number of fused-ring (bicyclic) bond motifs is 5. The van der Waals surface area contributed by atoms with Gasteiger partial charge in [-0.25, -0.2) is 9.18 Å². The van der Waals surface area contributed by atoms with Crippen LogP contribution in [0.2, 0.25) is 0 Å². The molecule has 0 amide bonds. The first-order chi connectivity index (χ1) is 17.6. The maximum Gasteiger partial charge on any atom is 0.335 e. The van der Waals surface area contributed by atoms with Crippen molar-refractivity contribution < 1.29 is 19.0 Å². The lowest BCUT2D eigenvalue weighted by Crippen LogP contribution is -2.39. The first-order valence-corrected chi connectivity index (χ1v) is 12.3. The van der Waals surface area contributed by atoms with Crippen LogP contribution in [0.25, 0.3) is 38.6 Å². The van der Waals surface area contributed by atoms with E-state index in [9.17, 15) is 14.3 Å². The molecule has 1 aliphatic carbocycles. The van der Waals surface area contributed by atoms with Gasteiger partial charge in [0.05, 0.1) is 35.5 Å². The van der Waals surface area contributed by atoms with Gasteiger partial charge in [0.15, 0.2) is 0 Å². The van der Waals surface area contributed by atoms with E-state index in [1.807, 2.05) is 30.5 Å². The van der Waals surface area contributed by atoms with Crippen LogP contribution < -0.4 is 0 Å². The van der Waals surface area contributed by atoms with E-state index in [0.29, 0.717) is 5.92 Å². The molecule has 2 aromatic heterocycles. The topological polar surface area (TPSA) is 80.1 Å². The van der Waals surface area contributed by atoms with Gasteiger partial charge in [-0.1, -0.05) is 12.1 Å². The third kappa shape index (κ3) is 3.27. The number of aromatic amines is 1. The summed E-state index contributed by atoms with van der Waals surface area (Å²) in [5.41, 5.74) is 6.33. The summed E-state index contributed by atoms with van der Waals surface area (Å²) in [5.74, 6) is -0.567. The largest absolute Gasteiger partial charge is 0.478 e. The zero-order valence-corrected chi connectivity index (χ0v) is 19.4. The zero-order chi connectivity index (χ0) is 24.4. The van der Waals surface area contributed by atoms with Crippen LogP contribution in [0.3, 0.4) is 0 Å². The Morgan fingerprint density at radius 2 is 1.89 bits per heavy atom. The number of carboxylic acids is 1. The number of aromatic carboxylic acids is 1. The van der Waals surface area contributed by atoms with E-state index in [0.717, 1.165) is 64.5 Å². The standard InChI is InChI=1S/C29H24FN3O3/c30-20-6-8-21(9-7-20)33-26-11-19-14-31-32-25(19)13-24(26)27(16-1-3-17(4-2-16)29(34)35)28(33)23-12-22-10-5-18(23)15-36-22/h1-4,6-9,11,13-14,18,22-23H,5,10,12,15H2,(H,31,32)(H,34,35). The molecule has 6 nitrogen and oxygen atoms in total. The summed E-state index contributed by atoms with van der Waals surface area (Å²) in [6.45, 7) is 0.738. The molecule has 8 rings (SSSR count). The second kappa shape index (κ2) is 8.03. The number of ether oxygens (including phenoxy) is 1. The molecule has 4 heterocycles. The minimum Gasteiger partial charge on any atom is -0.478 e. The Hall–Kier alpha value is -3.97. The highest BCUT2D eigenvalue weighted by molar-refractivity contribution is 6.06. The molecule has 2 bridgehead atoms. The molecule has 3 aliphatic rings. The van der Waals surface area contributed by atoms with E-state index < -0.39 is 5.97 Å². The fourth-order valence-corrected chi connectivity index (χ4v) is 6.19. The summed E-state index contributed by atoms with van der Waals surface area (Å²) in [6, 6.07) is 18.0. The van der Waals surface area contributed by atoms with Crippen molar-refractivity contribution >= 4 is 27.8 Å². The number of H-pyrrole nitrogens is 1. The molecule has 2 aliphatic heterocycles. The number of rotatable bonds is 4. The summed E-state index contributed by atoms with van der Waals surface area (Å²) < 4.78 is 22.3. The molecule has 0 radical (unpaired) electrons. The van der Waals surface area contributed by atoms with Crippen molar-refractivity contribution in [1.82, 2.24) is 14.8 Å². The molecule has 7 heteroatoms. The molecule has 5 aromatic rings. The highest BCUT2D eigenvalue weighted by Gasteiger charge is 2.41. The van der Waals surface area contributed by atoms with Gasteiger partial charge in [-0.15, -0.1) is 0 Å². The van der Waals surface area contributed by atoms with E-state index >= 15 is 0 Å². The monoisotopic (exact) mass is 481 g/mol. The molecule has 3 fully saturated rings. The highest BCUT2D eigenvalue weighted by Crippen LogP contribution is 2.50. The van der Waals surface area contributed by atoms with Crippen molar-refractivity contribution in [3.63, 3.8) is 0 Å². The van der Waals surface area contributed by atoms with Gasteiger partial charge in [0, 0.05) is 33.6 Å². The van der Waals surface area contributed by atoms with E-state index in [4.69, 9.17) is 4.74 Å². The van der Waals surface area contributed by atoms with Crippen LogP contribution in [0.1, 0.15) is 41.2 Å². The number of hydrogen-bond acceptors (Lipinski definition) is 3. The van der Waals surface area contributed by atoms with Crippen molar-refractivity contribution in [2.45, 2.75) is 31.3 Å². The number of nitrogens with zero attached hydrogens (tertiary/aromatic N) is 2. The molecule has 180 valence electrons. The third-order valence-corrected chi connectivity index (χ3v) is 7.91. The average molecular weight is 482 g/mol. The number of aromatic nitrogens is 3. The summed E-state index contributed by atoms with van der Waals surface area (Å²) in [6.07, 6.45) is 5.17. The van der Waals surface area contributed by atoms with Gasteiger partial charge in [0.25, 0.3) is 0 Å². The highest BCUT2D eigenvalue weighted by atomic mass is 19.1. The lowest BCUT2D eigenvalue weighted by Gasteiger charge is -2.43. The maximum absolute atomic E-state index is 13.9. The van der Waals surface area contributed by atoms with Crippen LogP contribution >= 0.6 is 0 Å². The van der Waals surface area contributed by atoms with Crippen LogP contribution in [0.5, 0.6) is 0 Å². The summed E-state index contributed by atoms with van der Waals surface area (Å²) in [5, 5.41) is 18.8. The third-order valence-electron chi connectivity index (χ3n) is 7.91. The Kier molecular flexibility index (Phi) is 4.76. The molecule has 3 atom stereocenters. The molecular formula is C29H24FN3O3. The molecule has 3 aromatic carbocycles. The van der Waals surface area contributed by atoms with E-state index in [2.05, 4.69) is 26.9 Å². The van der Waals surface area contributed by atoms with Gasteiger partial charge in [-0.2, -0.15) is 5.10 Å². The van der Waals surface area contributed by atoms with E-state index in [1.165, 1.54) is 17.8 Å². The number of nitrogens with one attached hydrogen (secondary N) is 1. The Balaban J connectivity index is 1.58. The van der Waals surface area contributed by atoms with Gasteiger partial charge < -0.3 is 14.4 Å². The lowest BCUT2D eigenvalue weighted by atomic mass is 9.73. The number of carboxylic acid groups (broad SMARTS) is 1. The molecule has 2 N–H and O–H groups in total. The van der Waals surface area contributed by atoms with Gasteiger partial charge >= 0.3 is 5.97 Å². The summed E-state index contributed by atoms with van der Waals surface area (Å²) >= 11 is 0. The molecule has 1 saturated carbocycles. The Morgan fingerprint density at radius 3 is 2.56 bits per heavy atom. The summed E-state index contributed by atoms with van der Waals surface area (Å²) in [7, 11) is 0. The minimum absolute atomic E-state index is 0.237. The fraction of sp³-hybridized carbons (Fsp3) is 0.241. The molecule has 3 unspecified atom stereocenters. The van der Waals surface area contributed by atoms with Crippen molar-refractivity contribution in [2.75, 3.05) is 6.61 Å². The number of carbonyl (C=O) groups is 1. The first-order valence-electron chi connectivity index (χ1n) is 12.3. The SMILES string of the molecule is O=C(O)c1ccc(-c2c(C3CC4CCC3CO4)n(-c3ccc(F)cc3)c3cc4cn[nH]c4cc23)cc1. The van der Waals surface area contributed by atoms with Crippen LogP contribution in [0.4, 0.5) is 4.39 Å². The second-order valence-corrected chi connectivity index (χ2v) is 9.92. The minimum atomic E-state index is -0.948. The van der Waals surface area contributed by atoms with Crippen molar-refractivity contribution in [3.8, 4) is 16.8 Å². The predicted octanol–water partition coefficient (Wildman–Crippen LogP) is 6.29. The predicted molar refractivity (Wildman–Crippen MR) is 135 cm³/mol. The first kappa shape index (κ1) is 21.3. The quantitative estimate of drug-likeness (QED) is 0.316. The molecular weight excluding hydrogens is 457 g/mol. The van der Waals surface area contributed by atoms with Gasteiger partial charge in [0.1, 0.15) is 5.82 Å². The second-order valence-electron chi connectivity index (χ2n) is 9.92. The van der Waals surface area contributed by atoms with Crippen LogP contribution in [-0.4, -0.2) is 38.6 Å². The molecule has 2 saturated heterocycles. The van der Waals surface area contributed by atoms with Crippen LogP contribution in [0, 0.1) is 11.7 Å². The van der Waals surface area contributed by atoms with Crippen molar-refractivity contribution in [3.05, 3.63) is 83.9 Å². The Labute approximate surface area is 206 Å². The van der Waals surface area contributed by atoms with Crippen molar-refractivity contribution in [1.29, 1.82) is 0 Å². The zero-order valence-electron chi connectivity index (χ0n) is 19.4. The lowest BCUT2D eigenvalue weighted by molar-refractivity contribution is -0.0744. The smallest absolute Gasteiger partial charge is 0.335 e. The Morgan fingerprint density at radius 1 is 1.08 bits per heavy atom. The van der Waals surface area contributed by atoms with E-state index in [1.54, 1.807) is 12.1 Å². The fourth-order valence-electron chi connectivity index (χ4n) is 6.19. The molecule has 36 heavy (non-hydrogen) atoms. The van der Waals surface area contributed by atoms with Crippen molar-refractivity contribution in [2.24, 2.45) is 5.92 Å². The van der Waals surface area contributed by atoms with Gasteiger partial charge in [0.2, 0.25) is 0 Å². The van der Waals surface area contributed by atoms with Gasteiger partial charge in [-0.3, -0.25) is 5.10 Å². The normalized spacial score (nSPS) is 21.4.